The topological polar surface area (TPSA) is 42.4 Å². The third-order valence-corrected chi connectivity index (χ3v) is 3.68. The molecule has 1 aromatic heterocycles. The lowest BCUT2D eigenvalue weighted by molar-refractivity contribution is -0.121. The van der Waals surface area contributed by atoms with Gasteiger partial charge in [-0.25, -0.2) is 0 Å². The number of nitrogens with zero attached hydrogens (tertiary/aromatic N) is 2. The Hall–Kier alpha value is -1.59. The van der Waals surface area contributed by atoms with Gasteiger partial charge in [-0.3, -0.25) is 14.7 Å². The number of ether oxygens (including phenoxy) is 1. The van der Waals surface area contributed by atoms with Crippen molar-refractivity contribution >= 4 is 39.1 Å². The van der Waals surface area contributed by atoms with Crippen LogP contribution in [0, 0.1) is 0 Å². The molecule has 3 rings (SSSR count). The summed E-state index contributed by atoms with van der Waals surface area (Å²) in [6.45, 7) is 0.425. The highest BCUT2D eigenvalue weighted by Crippen LogP contribution is 2.35. The number of aromatic nitrogens is 1. The zero-order chi connectivity index (χ0) is 14.1. The maximum absolute atomic E-state index is 12.1. The van der Waals surface area contributed by atoms with E-state index in [0.717, 1.165) is 10.2 Å². The van der Waals surface area contributed by atoms with E-state index in [0.29, 0.717) is 23.0 Å². The fraction of sp³-hybridized carbons (Fsp3) is 0.143. The summed E-state index contributed by atoms with van der Waals surface area (Å²) in [5.74, 6) is 0.551. The highest BCUT2D eigenvalue weighted by atomic mass is 79.9. The molecule has 1 aromatic carbocycles. The molecule has 0 radical (unpaired) electrons. The summed E-state index contributed by atoms with van der Waals surface area (Å²) in [7, 11) is 0. The van der Waals surface area contributed by atoms with Gasteiger partial charge in [0.25, 0.3) is 5.91 Å². The lowest BCUT2D eigenvalue weighted by Gasteiger charge is -2.29. The molecule has 2 aromatic rings. The highest BCUT2D eigenvalue weighted by Gasteiger charge is 2.26. The van der Waals surface area contributed by atoms with Crippen LogP contribution in [-0.2, 0) is 11.3 Å². The molecule has 1 amide bonds. The zero-order valence-corrected chi connectivity index (χ0v) is 12.7. The first-order valence-electron chi connectivity index (χ1n) is 5.96. The maximum Gasteiger partial charge on any atom is 0.265 e. The second-order valence-corrected chi connectivity index (χ2v) is 5.70. The first-order chi connectivity index (χ1) is 9.63. The minimum atomic E-state index is -0.107. The molecule has 1 aliphatic rings. The van der Waals surface area contributed by atoms with Crippen LogP contribution >= 0.6 is 27.5 Å². The molecule has 0 saturated carbocycles. The van der Waals surface area contributed by atoms with Crippen LogP contribution in [0.25, 0.3) is 0 Å². The number of fused-ring (bicyclic) bond motifs is 1. The second kappa shape index (κ2) is 5.42. The van der Waals surface area contributed by atoms with E-state index in [4.69, 9.17) is 16.3 Å². The Balaban J connectivity index is 1.94. The Morgan fingerprint density at radius 3 is 2.95 bits per heavy atom. The van der Waals surface area contributed by atoms with E-state index in [1.807, 2.05) is 12.1 Å². The number of hydrogen-bond acceptors (Lipinski definition) is 3. The molecular weight excluding hydrogens is 344 g/mol. The van der Waals surface area contributed by atoms with Crippen LogP contribution in [0.4, 0.5) is 5.69 Å². The quantitative estimate of drug-likeness (QED) is 0.831. The van der Waals surface area contributed by atoms with Gasteiger partial charge in [0, 0.05) is 15.7 Å². The molecule has 0 atom stereocenters. The molecular formula is C14H10BrClN2O2. The van der Waals surface area contributed by atoms with Crippen LogP contribution < -0.4 is 9.64 Å². The summed E-state index contributed by atoms with van der Waals surface area (Å²) in [5.41, 5.74) is 1.48. The summed E-state index contributed by atoms with van der Waals surface area (Å²) in [6.07, 6.45) is 1.71. The number of pyridine rings is 1. The lowest BCUT2D eigenvalue weighted by atomic mass is 10.2. The van der Waals surface area contributed by atoms with Gasteiger partial charge in [-0.05, 0) is 46.3 Å². The molecule has 0 aliphatic carbocycles. The van der Waals surface area contributed by atoms with Crippen LogP contribution in [0.5, 0.6) is 5.75 Å². The number of hydrogen-bond donors (Lipinski definition) is 0. The van der Waals surface area contributed by atoms with E-state index in [-0.39, 0.29) is 12.5 Å². The largest absolute Gasteiger partial charge is 0.482 e. The van der Waals surface area contributed by atoms with Gasteiger partial charge >= 0.3 is 0 Å². The van der Waals surface area contributed by atoms with Crippen LogP contribution in [0.1, 0.15) is 5.69 Å². The van der Waals surface area contributed by atoms with Crippen molar-refractivity contribution in [3.8, 4) is 5.75 Å². The number of carbonyl (C=O) groups is 1. The number of rotatable bonds is 2. The van der Waals surface area contributed by atoms with Crippen LogP contribution in [-0.4, -0.2) is 17.5 Å². The lowest BCUT2D eigenvalue weighted by Crippen LogP contribution is -2.38. The molecule has 0 N–H and O–H groups in total. The zero-order valence-electron chi connectivity index (χ0n) is 10.3. The molecule has 2 heterocycles. The van der Waals surface area contributed by atoms with Gasteiger partial charge in [0.2, 0.25) is 0 Å². The van der Waals surface area contributed by atoms with E-state index < -0.39 is 0 Å². The molecule has 4 nitrogen and oxygen atoms in total. The van der Waals surface area contributed by atoms with Crippen molar-refractivity contribution in [2.75, 3.05) is 11.5 Å². The Bertz CT molecular complexity index is 661. The van der Waals surface area contributed by atoms with Crippen molar-refractivity contribution in [3.63, 3.8) is 0 Å². The van der Waals surface area contributed by atoms with Crippen molar-refractivity contribution in [2.24, 2.45) is 0 Å². The normalized spacial score (nSPS) is 13.9. The number of amides is 1. The van der Waals surface area contributed by atoms with E-state index in [1.54, 1.807) is 29.3 Å². The van der Waals surface area contributed by atoms with E-state index in [2.05, 4.69) is 20.9 Å². The fourth-order valence-corrected chi connectivity index (χ4v) is 2.41. The van der Waals surface area contributed by atoms with E-state index >= 15 is 0 Å². The molecule has 0 unspecified atom stereocenters. The summed E-state index contributed by atoms with van der Waals surface area (Å²) in [5, 5.41) is 0.566. The summed E-state index contributed by atoms with van der Waals surface area (Å²) in [4.78, 5) is 18.0. The molecule has 6 heteroatoms. The van der Waals surface area contributed by atoms with Gasteiger partial charge in [0.1, 0.15) is 5.75 Å². The molecule has 0 fully saturated rings. The maximum atomic E-state index is 12.1. The van der Waals surface area contributed by atoms with Crippen LogP contribution in [0.15, 0.2) is 41.0 Å². The molecule has 1 aliphatic heterocycles. The van der Waals surface area contributed by atoms with Crippen molar-refractivity contribution in [1.82, 2.24) is 4.98 Å². The van der Waals surface area contributed by atoms with Crippen molar-refractivity contribution in [2.45, 2.75) is 6.54 Å². The monoisotopic (exact) mass is 352 g/mol. The minimum Gasteiger partial charge on any atom is -0.482 e. The van der Waals surface area contributed by atoms with E-state index in [1.165, 1.54) is 0 Å². The Kier molecular flexibility index (Phi) is 3.63. The Labute approximate surface area is 129 Å². The molecule has 0 saturated heterocycles. The van der Waals surface area contributed by atoms with Crippen molar-refractivity contribution in [3.05, 3.63) is 51.7 Å². The third-order valence-electron chi connectivity index (χ3n) is 2.97. The van der Waals surface area contributed by atoms with Crippen LogP contribution in [0.2, 0.25) is 5.02 Å². The fourth-order valence-electron chi connectivity index (χ4n) is 2.01. The number of benzene rings is 1. The smallest absolute Gasteiger partial charge is 0.265 e. The van der Waals surface area contributed by atoms with E-state index in [9.17, 15) is 4.79 Å². The standard InChI is InChI=1S/C14H10BrClN2O2/c15-9-1-3-11(17-6-9)7-18-12-5-10(16)2-4-13(12)20-8-14(18)19/h1-6H,7-8H2. The van der Waals surface area contributed by atoms with Gasteiger partial charge in [0.05, 0.1) is 17.9 Å². The number of carbonyl (C=O) groups excluding carboxylic acids is 1. The molecule has 0 bridgehead atoms. The van der Waals surface area contributed by atoms with Gasteiger partial charge in [-0.15, -0.1) is 0 Å². The molecule has 0 spiro atoms. The first kappa shape index (κ1) is 13.4. The SMILES string of the molecule is O=C1COc2ccc(Cl)cc2N1Cc1ccc(Br)cn1. The second-order valence-electron chi connectivity index (χ2n) is 4.35. The first-order valence-corrected chi connectivity index (χ1v) is 7.14. The van der Waals surface area contributed by atoms with Crippen LogP contribution in [0.3, 0.4) is 0 Å². The minimum absolute atomic E-state index is 0.0329. The summed E-state index contributed by atoms with van der Waals surface area (Å²) < 4.78 is 6.30. The van der Waals surface area contributed by atoms with Gasteiger partial charge in [0.15, 0.2) is 6.61 Å². The van der Waals surface area contributed by atoms with Gasteiger partial charge in [-0.1, -0.05) is 11.6 Å². The van der Waals surface area contributed by atoms with Crippen molar-refractivity contribution < 1.29 is 9.53 Å². The average Bonchev–Trinajstić information content (AvgIpc) is 2.44. The van der Waals surface area contributed by atoms with Gasteiger partial charge < -0.3 is 4.74 Å². The summed E-state index contributed by atoms with van der Waals surface area (Å²) in [6, 6.07) is 9.01. The van der Waals surface area contributed by atoms with Crippen molar-refractivity contribution in [1.29, 1.82) is 0 Å². The predicted octanol–water partition coefficient (Wildman–Crippen LogP) is 3.42. The average molecular weight is 354 g/mol. The highest BCUT2D eigenvalue weighted by molar-refractivity contribution is 9.10. The Morgan fingerprint density at radius 2 is 2.20 bits per heavy atom. The number of anilines is 1. The molecule has 20 heavy (non-hydrogen) atoms. The third kappa shape index (κ3) is 2.64. The number of halogens is 2. The predicted molar refractivity (Wildman–Crippen MR) is 80.1 cm³/mol. The summed E-state index contributed by atoms with van der Waals surface area (Å²) >= 11 is 9.34. The van der Waals surface area contributed by atoms with Gasteiger partial charge in [-0.2, -0.15) is 0 Å². The molecule has 102 valence electrons. The Morgan fingerprint density at radius 1 is 1.35 bits per heavy atom.